The van der Waals surface area contributed by atoms with Crippen molar-refractivity contribution in [3.63, 3.8) is 0 Å². The quantitative estimate of drug-likeness (QED) is 0.705. The summed E-state index contributed by atoms with van der Waals surface area (Å²) < 4.78 is 0. The lowest BCUT2D eigenvalue weighted by molar-refractivity contribution is 0.203. The van der Waals surface area contributed by atoms with Gasteiger partial charge in [-0.3, -0.25) is 0 Å². The third-order valence-corrected chi connectivity index (χ3v) is 3.56. The van der Waals surface area contributed by atoms with Crippen LogP contribution in [-0.2, 0) is 0 Å². The molecule has 0 amide bonds. The van der Waals surface area contributed by atoms with E-state index in [1.165, 1.54) is 45.1 Å². The standard InChI is InChI=1S/C13H28N2/c1-4-14-12(2)11-15(3)13-9-7-5-6-8-10-13/h12-14H,4-11H2,1-3H3. The molecule has 1 fully saturated rings. The molecule has 0 heterocycles. The molecule has 15 heavy (non-hydrogen) atoms. The summed E-state index contributed by atoms with van der Waals surface area (Å²) in [4.78, 5) is 2.57. The smallest absolute Gasteiger partial charge is 0.0166 e. The maximum atomic E-state index is 3.49. The molecule has 0 aromatic heterocycles. The fraction of sp³-hybridized carbons (Fsp3) is 1.00. The van der Waals surface area contributed by atoms with Gasteiger partial charge >= 0.3 is 0 Å². The van der Waals surface area contributed by atoms with E-state index in [2.05, 4.69) is 31.1 Å². The number of likely N-dealkylation sites (N-methyl/N-ethyl adjacent to an activating group) is 2. The molecule has 1 N–H and O–H groups in total. The van der Waals surface area contributed by atoms with Crippen molar-refractivity contribution in [2.75, 3.05) is 20.1 Å². The molecule has 2 heteroatoms. The van der Waals surface area contributed by atoms with Crippen molar-refractivity contribution in [3.8, 4) is 0 Å². The van der Waals surface area contributed by atoms with Crippen molar-refractivity contribution in [2.45, 2.75) is 64.5 Å². The third kappa shape index (κ3) is 4.98. The topological polar surface area (TPSA) is 15.3 Å². The SMILES string of the molecule is CCNC(C)CN(C)C1CCCCCC1. The number of hydrogen-bond acceptors (Lipinski definition) is 2. The lowest BCUT2D eigenvalue weighted by Gasteiger charge is -2.29. The second-order valence-corrected chi connectivity index (χ2v) is 5.04. The Kier molecular flexibility index (Phi) is 6.26. The van der Waals surface area contributed by atoms with Crippen molar-refractivity contribution < 1.29 is 0 Å². The van der Waals surface area contributed by atoms with Crippen molar-refractivity contribution in [1.29, 1.82) is 0 Å². The summed E-state index contributed by atoms with van der Waals surface area (Å²) >= 11 is 0. The Labute approximate surface area is 95.4 Å². The molecular weight excluding hydrogens is 184 g/mol. The van der Waals surface area contributed by atoms with E-state index in [1.807, 2.05) is 0 Å². The summed E-state index contributed by atoms with van der Waals surface area (Å²) in [6.07, 6.45) is 8.60. The molecule has 0 spiro atoms. The predicted molar refractivity (Wildman–Crippen MR) is 67.3 cm³/mol. The number of hydrogen-bond donors (Lipinski definition) is 1. The van der Waals surface area contributed by atoms with E-state index in [1.54, 1.807) is 0 Å². The Bertz CT molecular complexity index is 151. The fourth-order valence-corrected chi connectivity index (χ4v) is 2.69. The highest BCUT2D eigenvalue weighted by Gasteiger charge is 2.17. The summed E-state index contributed by atoms with van der Waals surface area (Å²) in [6.45, 7) is 6.75. The maximum Gasteiger partial charge on any atom is 0.0166 e. The van der Waals surface area contributed by atoms with Crippen LogP contribution in [0.4, 0.5) is 0 Å². The van der Waals surface area contributed by atoms with Crippen molar-refractivity contribution >= 4 is 0 Å². The van der Waals surface area contributed by atoms with Gasteiger partial charge in [0.15, 0.2) is 0 Å². The Hall–Kier alpha value is -0.0800. The summed E-state index contributed by atoms with van der Waals surface area (Å²) in [5, 5.41) is 3.49. The molecule has 1 unspecified atom stereocenters. The average molecular weight is 212 g/mol. The zero-order valence-corrected chi connectivity index (χ0v) is 10.8. The van der Waals surface area contributed by atoms with E-state index in [9.17, 15) is 0 Å². The largest absolute Gasteiger partial charge is 0.313 e. The van der Waals surface area contributed by atoms with E-state index in [0.717, 1.165) is 12.6 Å². The summed E-state index contributed by atoms with van der Waals surface area (Å²) in [5.74, 6) is 0. The van der Waals surface area contributed by atoms with Crippen LogP contribution < -0.4 is 5.32 Å². The molecule has 1 rings (SSSR count). The van der Waals surface area contributed by atoms with Gasteiger partial charge in [-0.05, 0) is 33.4 Å². The van der Waals surface area contributed by atoms with Crippen LogP contribution in [0.15, 0.2) is 0 Å². The number of nitrogens with zero attached hydrogens (tertiary/aromatic N) is 1. The molecular formula is C13H28N2. The highest BCUT2D eigenvalue weighted by atomic mass is 15.1. The van der Waals surface area contributed by atoms with Gasteiger partial charge in [-0.15, -0.1) is 0 Å². The first-order valence-corrected chi connectivity index (χ1v) is 6.67. The molecule has 1 aliphatic carbocycles. The predicted octanol–water partition coefficient (Wildman–Crippen LogP) is 2.64. The molecule has 0 saturated heterocycles. The van der Waals surface area contributed by atoms with E-state index >= 15 is 0 Å². The monoisotopic (exact) mass is 212 g/mol. The highest BCUT2D eigenvalue weighted by Crippen LogP contribution is 2.20. The van der Waals surface area contributed by atoms with Crippen LogP contribution in [0.5, 0.6) is 0 Å². The molecule has 90 valence electrons. The summed E-state index contributed by atoms with van der Waals surface area (Å²) in [6, 6.07) is 1.47. The van der Waals surface area contributed by atoms with E-state index in [0.29, 0.717) is 6.04 Å². The highest BCUT2D eigenvalue weighted by molar-refractivity contribution is 4.75. The van der Waals surface area contributed by atoms with Crippen LogP contribution in [0.2, 0.25) is 0 Å². The molecule has 1 atom stereocenters. The third-order valence-electron chi connectivity index (χ3n) is 3.56. The van der Waals surface area contributed by atoms with Crippen LogP contribution in [0.25, 0.3) is 0 Å². The van der Waals surface area contributed by atoms with Gasteiger partial charge in [0, 0.05) is 18.6 Å². The van der Waals surface area contributed by atoms with Crippen molar-refractivity contribution in [2.24, 2.45) is 0 Å². The molecule has 0 aliphatic heterocycles. The summed E-state index contributed by atoms with van der Waals surface area (Å²) in [7, 11) is 2.30. The molecule has 0 aromatic carbocycles. The zero-order chi connectivity index (χ0) is 11.1. The minimum Gasteiger partial charge on any atom is -0.313 e. The van der Waals surface area contributed by atoms with Gasteiger partial charge in [0.2, 0.25) is 0 Å². The normalized spacial score (nSPS) is 21.6. The van der Waals surface area contributed by atoms with Crippen LogP contribution in [-0.4, -0.2) is 37.1 Å². The lowest BCUT2D eigenvalue weighted by atomic mass is 10.1. The van der Waals surface area contributed by atoms with Gasteiger partial charge in [0.05, 0.1) is 0 Å². The Balaban J connectivity index is 2.27. The average Bonchev–Trinajstić information content (AvgIpc) is 2.45. The minimum absolute atomic E-state index is 0.628. The maximum absolute atomic E-state index is 3.49. The van der Waals surface area contributed by atoms with E-state index in [-0.39, 0.29) is 0 Å². The van der Waals surface area contributed by atoms with Crippen LogP contribution >= 0.6 is 0 Å². The van der Waals surface area contributed by atoms with Gasteiger partial charge in [0.25, 0.3) is 0 Å². The molecule has 1 saturated carbocycles. The minimum atomic E-state index is 0.628. The molecule has 0 bridgehead atoms. The lowest BCUT2D eigenvalue weighted by Crippen LogP contribution is -2.41. The number of nitrogens with one attached hydrogen (secondary N) is 1. The van der Waals surface area contributed by atoms with Gasteiger partial charge in [-0.1, -0.05) is 32.6 Å². The first kappa shape index (κ1) is 13.0. The van der Waals surface area contributed by atoms with Crippen LogP contribution in [0, 0.1) is 0 Å². The van der Waals surface area contributed by atoms with Gasteiger partial charge in [-0.2, -0.15) is 0 Å². The Morgan fingerprint density at radius 2 is 1.80 bits per heavy atom. The fourth-order valence-electron chi connectivity index (χ4n) is 2.69. The van der Waals surface area contributed by atoms with Gasteiger partial charge in [0.1, 0.15) is 0 Å². The molecule has 0 radical (unpaired) electrons. The molecule has 2 nitrogen and oxygen atoms in total. The van der Waals surface area contributed by atoms with Gasteiger partial charge < -0.3 is 10.2 Å². The van der Waals surface area contributed by atoms with Crippen molar-refractivity contribution in [1.82, 2.24) is 10.2 Å². The summed E-state index contributed by atoms with van der Waals surface area (Å²) in [5.41, 5.74) is 0. The molecule has 1 aliphatic rings. The van der Waals surface area contributed by atoms with Gasteiger partial charge in [-0.25, -0.2) is 0 Å². The first-order chi connectivity index (χ1) is 7.24. The Morgan fingerprint density at radius 3 is 2.33 bits per heavy atom. The first-order valence-electron chi connectivity index (χ1n) is 6.67. The Morgan fingerprint density at radius 1 is 1.20 bits per heavy atom. The van der Waals surface area contributed by atoms with Crippen LogP contribution in [0.3, 0.4) is 0 Å². The molecule has 0 aromatic rings. The second-order valence-electron chi connectivity index (χ2n) is 5.04. The zero-order valence-electron chi connectivity index (χ0n) is 10.8. The number of rotatable bonds is 5. The van der Waals surface area contributed by atoms with Crippen molar-refractivity contribution in [3.05, 3.63) is 0 Å². The second kappa shape index (κ2) is 7.24. The van der Waals surface area contributed by atoms with Crippen LogP contribution in [0.1, 0.15) is 52.4 Å². The van der Waals surface area contributed by atoms with E-state index in [4.69, 9.17) is 0 Å². The van der Waals surface area contributed by atoms with E-state index < -0.39 is 0 Å².